The van der Waals surface area contributed by atoms with Crippen LogP contribution in [0.4, 0.5) is 0 Å². The molecule has 0 bridgehead atoms. The van der Waals surface area contributed by atoms with E-state index in [-0.39, 0.29) is 5.91 Å². The van der Waals surface area contributed by atoms with Crippen molar-refractivity contribution >= 4 is 32.7 Å². The number of carbonyl (C=O) groups is 1. The van der Waals surface area contributed by atoms with Gasteiger partial charge in [-0.25, -0.2) is 0 Å². The number of rotatable bonds is 8. The topological polar surface area (TPSA) is 43.7 Å². The summed E-state index contributed by atoms with van der Waals surface area (Å²) in [4.78, 5) is 14.5. The van der Waals surface area contributed by atoms with Gasteiger partial charge in [-0.15, -0.1) is 0 Å². The molecule has 0 radical (unpaired) electrons. The van der Waals surface area contributed by atoms with E-state index in [1.165, 1.54) is 0 Å². The van der Waals surface area contributed by atoms with Crippen molar-refractivity contribution < 1.29 is 14.3 Å². The number of ether oxygens (including phenoxy) is 2. The number of halogens is 1. The zero-order valence-corrected chi connectivity index (χ0v) is 15.4. The molecule has 0 unspecified atom stereocenters. The van der Waals surface area contributed by atoms with Crippen LogP contribution < -0.4 is 0 Å². The van der Waals surface area contributed by atoms with Gasteiger partial charge < -0.3 is 18.9 Å². The lowest BCUT2D eigenvalue weighted by molar-refractivity contribution is -0.133. The van der Waals surface area contributed by atoms with Crippen molar-refractivity contribution in [3.63, 3.8) is 0 Å². The SMILES string of the molecule is COCCN(CCOC)C(=O)Cn1c(C)c(Br)c2ccccc21. The highest BCUT2D eigenvalue weighted by molar-refractivity contribution is 9.10. The van der Waals surface area contributed by atoms with Gasteiger partial charge in [-0.1, -0.05) is 18.2 Å². The van der Waals surface area contributed by atoms with Gasteiger partial charge in [0, 0.05) is 48.4 Å². The van der Waals surface area contributed by atoms with E-state index in [9.17, 15) is 4.79 Å². The smallest absolute Gasteiger partial charge is 0.242 e. The fourth-order valence-corrected chi connectivity index (χ4v) is 3.14. The summed E-state index contributed by atoms with van der Waals surface area (Å²) in [7, 11) is 3.28. The summed E-state index contributed by atoms with van der Waals surface area (Å²) in [5, 5.41) is 1.12. The van der Waals surface area contributed by atoms with Crippen LogP contribution in [0.25, 0.3) is 10.9 Å². The number of benzene rings is 1. The normalized spacial score (nSPS) is 11.1. The second-order valence-electron chi connectivity index (χ2n) is 5.37. The Morgan fingerprint density at radius 3 is 2.39 bits per heavy atom. The molecule has 0 fully saturated rings. The van der Waals surface area contributed by atoms with E-state index in [1.54, 1.807) is 19.1 Å². The first kappa shape index (κ1) is 18.0. The van der Waals surface area contributed by atoms with Gasteiger partial charge in [0.2, 0.25) is 5.91 Å². The van der Waals surface area contributed by atoms with E-state index < -0.39 is 0 Å². The Morgan fingerprint density at radius 2 is 1.78 bits per heavy atom. The molecular formula is C17H23BrN2O3. The minimum atomic E-state index is 0.0652. The van der Waals surface area contributed by atoms with E-state index in [4.69, 9.17) is 9.47 Å². The van der Waals surface area contributed by atoms with Crippen LogP contribution in [-0.2, 0) is 20.8 Å². The van der Waals surface area contributed by atoms with Gasteiger partial charge in [0.1, 0.15) is 6.54 Å². The number of methoxy groups -OCH3 is 2. The zero-order valence-electron chi connectivity index (χ0n) is 13.8. The lowest BCUT2D eigenvalue weighted by Crippen LogP contribution is -2.38. The van der Waals surface area contributed by atoms with Crippen molar-refractivity contribution in [3.05, 3.63) is 34.4 Å². The van der Waals surface area contributed by atoms with Crippen LogP contribution in [0.3, 0.4) is 0 Å². The second kappa shape index (κ2) is 8.47. The molecule has 23 heavy (non-hydrogen) atoms. The maximum atomic E-state index is 12.7. The summed E-state index contributed by atoms with van der Waals surface area (Å²) < 4.78 is 13.3. The van der Waals surface area contributed by atoms with Gasteiger partial charge in [0.05, 0.1) is 13.2 Å². The Hall–Kier alpha value is -1.37. The molecule has 0 aliphatic carbocycles. The van der Waals surface area contributed by atoms with E-state index in [2.05, 4.69) is 22.0 Å². The molecule has 2 aromatic rings. The monoisotopic (exact) mass is 382 g/mol. The summed E-state index contributed by atoms with van der Waals surface area (Å²) in [5.74, 6) is 0.0652. The minimum Gasteiger partial charge on any atom is -0.383 e. The summed E-state index contributed by atoms with van der Waals surface area (Å²) in [6.07, 6.45) is 0. The van der Waals surface area contributed by atoms with Crippen molar-refractivity contribution in [1.82, 2.24) is 9.47 Å². The summed E-state index contributed by atoms with van der Waals surface area (Å²) in [6.45, 7) is 4.50. The van der Waals surface area contributed by atoms with Crippen LogP contribution in [0.1, 0.15) is 5.69 Å². The third-order valence-electron chi connectivity index (χ3n) is 3.93. The van der Waals surface area contributed by atoms with Gasteiger partial charge >= 0.3 is 0 Å². The Balaban J connectivity index is 2.22. The molecule has 6 heteroatoms. The third kappa shape index (κ3) is 4.13. The molecular weight excluding hydrogens is 360 g/mol. The molecule has 1 aromatic heterocycles. The van der Waals surface area contributed by atoms with Crippen molar-refractivity contribution in [1.29, 1.82) is 0 Å². The molecule has 126 valence electrons. The number of aromatic nitrogens is 1. The zero-order chi connectivity index (χ0) is 16.8. The second-order valence-corrected chi connectivity index (χ2v) is 6.16. The van der Waals surface area contributed by atoms with Crippen LogP contribution in [0, 0.1) is 6.92 Å². The number of para-hydroxylation sites is 1. The molecule has 0 spiro atoms. The van der Waals surface area contributed by atoms with Gasteiger partial charge in [-0.05, 0) is 28.9 Å². The predicted molar refractivity (Wildman–Crippen MR) is 94.7 cm³/mol. The largest absolute Gasteiger partial charge is 0.383 e. The number of amides is 1. The Bertz CT molecular complexity index is 661. The molecule has 1 aromatic carbocycles. The molecule has 5 nitrogen and oxygen atoms in total. The van der Waals surface area contributed by atoms with E-state index >= 15 is 0 Å². The molecule has 1 amide bonds. The van der Waals surface area contributed by atoms with Crippen LogP contribution in [0.2, 0.25) is 0 Å². The van der Waals surface area contributed by atoms with Crippen LogP contribution in [-0.4, -0.2) is 55.9 Å². The van der Waals surface area contributed by atoms with Crippen LogP contribution >= 0.6 is 15.9 Å². The first-order chi connectivity index (χ1) is 11.1. The van der Waals surface area contributed by atoms with Gasteiger partial charge in [-0.3, -0.25) is 4.79 Å². The van der Waals surface area contributed by atoms with Gasteiger partial charge in [0.15, 0.2) is 0 Å². The standard InChI is InChI=1S/C17H23BrN2O3/c1-13-17(18)14-6-4-5-7-15(14)20(13)12-16(21)19(8-10-22-2)9-11-23-3/h4-7H,8-12H2,1-3H3. The molecule has 0 saturated carbocycles. The first-order valence-corrected chi connectivity index (χ1v) is 8.38. The number of hydrogen-bond donors (Lipinski definition) is 0. The average Bonchev–Trinajstić information content (AvgIpc) is 2.80. The van der Waals surface area contributed by atoms with Crippen LogP contribution in [0.5, 0.6) is 0 Å². The molecule has 0 aliphatic heterocycles. The molecule has 0 aliphatic rings. The summed E-state index contributed by atoms with van der Waals surface area (Å²) in [5.41, 5.74) is 2.11. The number of carbonyl (C=O) groups excluding carboxylic acids is 1. The molecule has 1 heterocycles. The fourth-order valence-electron chi connectivity index (χ4n) is 2.59. The van der Waals surface area contributed by atoms with Crippen molar-refractivity contribution in [2.24, 2.45) is 0 Å². The lowest BCUT2D eigenvalue weighted by Gasteiger charge is -2.23. The predicted octanol–water partition coefficient (Wildman–Crippen LogP) is 2.83. The van der Waals surface area contributed by atoms with Crippen molar-refractivity contribution in [2.45, 2.75) is 13.5 Å². The molecule has 0 saturated heterocycles. The van der Waals surface area contributed by atoms with Gasteiger partial charge in [0.25, 0.3) is 0 Å². The number of hydrogen-bond acceptors (Lipinski definition) is 3. The first-order valence-electron chi connectivity index (χ1n) is 7.59. The number of fused-ring (bicyclic) bond motifs is 1. The van der Waals surface area contributed by atoms with Crippen LogP contribution in [0.15, 0.2) is 28.7 Å². The Morgan fingerprint density at radius 1 is 1.17 bits per heavy atom. The fraction of sp³-hybridized carbons (Fsp3) is 0.471. The number of nitrogens with zero attached hydrogens (tertiary/aromatic N) is 2. The van der Waals surface area contributed by atoms with Gasteiger partial charge in [-0.2, -0.15) is 0 Å². The molecule has 0 N–H and O–H groups in total. The quantitative estimate of drug-likeness (QED) is 0.704. The van der Waals surface area contributed by atoms with Crippen molar-refractivity contribution in [2.75, 3.05) is 40.5 Å². The highest BCUT2D eigenvalue weighted by atomic mass is 79.9. The highest BCUT2D eigenvalue weighted by Gasteiger charge is 2.18. The van der Waals surface area contributed by atoms with E-state index in [0.717, 1.165) is 21.1 Å². The lowest BCUT2D eigenvalue weighted by atomic mass is 10.2. The Labute approximate surface area is 145 Å². The maximum Gasteiger partial charge on any atom is 0.242 e. The Kier molecular flexibility index (Phi) is 6.62. The summed E-state index contributed by atoms with van der Waals surface area (Å²) in [6, 6.07) is 8.08. The third-order valence-corrected chi connectivity index (χ3v) is 4.93. The average molecular weight is 383 g/mol. The maximum absolute atomic E-state index is 12.7. The molecule has 0 atom stereocenters. The summed E-state index contributed by atoms with van der Waals surface area (Å²) >= 11 is 3.63. The minimum absolute atomic E-state index is 0.0652. The van der Waals surface area contributed by atoms with E-state index in [1.807, 2.05) is 29.7 Å². The van der Waals surface area contributed by atoms with Crippen molar-refractivity contribution in [3.8, 4) is 0 Å². The highest BCUT2D eigenvalue weighted by Crippen LogP contribution is 2.30. The molecule has 2 rings (SSSR count). The van der Waals surface area contributed by atoms with E-state index in [0.29, 0.717) is 32.8 Å².